The van der Waals surface area contributed by atoms with E-state index < -0.39 is 5.60 Å². The lowest BCUT2D eigenvalue weighted by atomic mass is 10.0. The normalized spacial score (nSPS) is 26.9. The maximum atomic E-state index is 11.3. The highest BCUT2D eigenvalue weighted by atomic mass is 16.3. The van der Waals surface area contributed by atoms with Gasteiger partial charge in [-0.05, 0) is 18.9 Å². The summed E-state index contributed by atoms with van der Waals surface area (Å²) in [4.78, 5) is 11.3. The molecule has 1 atom stereocenters. The van der Waals surface area contributed by atoms with E-state index in [4.69, 9.17) is 0 Å². The van der Waals surface area contributed by atoms with Gasteiger partial charge in [0.2, 0.25) is 5.91 Å². The summed E-state index contributed by atoms with van der Waals surface area (Å²) in [6, 6.07) is 0. The average molecular weight is 200 g/mol. The van der Waals surface area contributed by atoms with E-state index in [-0.39, 0.29) is 5.91 Å². The van der Waals surface area contributed by atoms with Crippen molar-refractivity contribution >= 4 is 5.91 Å². The predicted molar refractivity (Wildman–Crippen MR) is 54.9 cm³/mol. The van der Waals surface area contributed by atoms with E-state index >= 15 is 0 Å². The van der Waals surface area contributed by atoms with Gasteiger partial charge in [-0.15, -0.1) is 0 Å². The molecule has 14 heavy (non-hydrogen) atoms. The Morgan fingerprint density at radius 1 is 1.64 bits per heavy atom. The van der Waals surface area contributed by atoms with Crippen LogP contribution in [0.15, 0.2) is 0 Å². The molecule has 3 N–H and O–H groups in total. The van der Waals surface area contributed by atoms with Crippen molar-refractivity contribution in [3.8, 4) is 0 Å². The van der Waals surface area contributed by atoms with Gasteiger partial charge in [-0.3, -0.25) is 4.79 Å². The number of β-amino-alcohol motifs (C(OH)–C–C–N with tert-alkyl or cyclic N) is 1. The summed E-state index contributed by atoms with van der Waals surface area (Å²) in [6.45, 7) is 5.79. The lowest BCUT2D eigenvalue weighted by Crippen LogP contribution is -2.44. The Bertz CT molecular complexity index is 198. The number of rotatable bonds is 4. The molecule has 82 valence electrons. The lowest BCUT2D eigenvalue weighted by Gasteiger charge is -2.21. The molecule has 0 spiro atoms. The van der Waals surface area contributed by atoms with Crippen LogP contribution in [0.4, 0.5) is 0 Å². The van der Waals surface area contributed by atoms with Crippen LogP contribution in [0, 0.1) is 5.92 Å². The van der Waals surface area contributed by atoms with Gasteiger partial charge in [-0.1, -0.05) is 13.8 Å². The summed E-state index contributed by atoms with van der Waals surface area (Å²) in [6.07, 6.45) is 1.25. The molecule has 1 amide bonds. The fourth-order valence-electron chi connectivity index (χ4n) is 1.59. The van der Waals surface area contributed by atoms with Gasteiger partial charge in [0, 0.05) is 19.5 Å². The van der Waals surface area contributed by atoms with Crippen LogP contribution in [-0.2, 0) is 4.79 Å². The Morgan fingerprint density at radius 3 is 2.86 bits per heavy atom. The predicted octanol–water partition coefficient (Wildman–Crippen LogP) is -0.127. The van der Waals surface area contributed by atoms with Gasteiger partial charge in [-0.2, -0.15) is 0 Å². The van der Waals surface area contributed by atoms with Gasteiger partial charge in [0.05, 0.1) is 5.60 Å². The minimum Gasteiger partial charge on any atom is -0.387 e. The standard InChI is InChI=1S/C10H20N2O2/c1-8(2)5-9(13)12-7-10(14)3-4-11-6-10/h8,11,14H,3-7H2,1-2H3,(H,12,13). The minimum atomic E-state index is -0.730. The van der Waals surface area contributed by atoms with Crippen LogP contribution in [0.25, 0.3) is 0 Å². The van der Waals surface area contributed by atoms with Crippen molar-refractivity contribution < 1.29 is 9.90 Å². The largest absolute Gasteiger partial charge is 0.387 e. The molecule has 4 heteroatoms. The molecule has 1 heterocycles. The number of nitrogens with one attached hydrogen (secondary N) is 2. The Kier molecular flexibility index (Phi) is 3.89. The summed E-state index contributed by atoms with van der Waals surface area (Å²) >= 11 is 0. The Morgan fingerprint density at radius 2 is 2.36 bits per heavy atom. The fraction of sp³-hybridized carbons (Fsp3) is 0.900. The van der Waals surface area contributed by atoms with Gasteiger partial charge in [-0.25, -0.2) is 0 Å². The van der Waals surface area contributed by atoms with Crippen LogP contribution in [-0.4, -0.2) is 36.2 Å². The molecule has 1 rings (SSSR count). The van der Waals surface area contributed by atoms with Crippen LogP contribution in [0.3, 0.4) is 0 Å². The summed E-state index contributed by atoms with van der Waals surface area (Å²) in [7, 11) is 0. The molecular weight excluding hydrogens is 180 g/mol. The molecule has 0 aromatic carbocycles. The summed E-state index contributed by atoms with van der Waals surface area (Å²) in [5.41, 5.74) is -0.730. The number of hydrogen-bond donors (Lipinski definition) is 3. The first-order valence-corrected chi connectivity index (χ1v) is 5.22. The van der Waals surface area contributed by atoms with E-state index in [0.29, 0.717) is 25.4 Å². The van der Waals surface area contributed by atoms with Gasteiger partial charge in [0.25, 0.3) is 0 Å². The lowest BCUT2D eigenvalue weighted by molar-refractivity contribution is -0.122. The molecule has 1 aliphatic rings. The topological polar surface area (TPSA) is 61.4 Å². The second-order valence-corrected chi connectivity index (χ2v) is 4.53. The van der Waals surface area contributed by atoms with Gasteiger partial charge in [0.1, 0.15) is 0 Å². The van der Waals surface area contributed by atoms with E-state index in [2.05, 4.69) is 10.6 Å². The van der Waals surface area contributed by atoms with E-state index in [1.165, 1.54) is 0 Å². The molecule has 0 aliphatic carbocycles. The molecule has 0 saturated carbocycles. The average Bonchev–Trinajstić information content (AvgIpc) is 2.49. The summed E-state index contributed by atoms with van der Waals surface area (Å²) < 4.78 is 0. The first-order chi connectivity index (χ1) is 6.52. The third kappa shape index (κ3) is 3.64. The third-order valence-corrected chi connectivity index (χ3v) is 2.43. The second kappa shape index (κ2) is 4.75. The molecule has 1 unspecified atom stereocenters. The molecule has 0 radical (unpaired) electrons. The first kappa shape index (κ1) is 11.5. The molecule has 1 saturated heterocycles. The Hall–Kier alpha value is -0.610. The van der Waals surface area contributed by atoms with Crippen LogP contribution in [0.1, 0.15) is 26.7 Å². The van der Waals surface area contributed by atoms with Crippen molar-refractivity contribution in [1.82, 2.24) is 10.6 Å². The van der Waals surface area contributed by atoms with E-state index in [1.807, 2.05) is 13.8 Å². The highest BCUT2D eigenvalue weighted by molar-refractivity contribution is 5.76. The zero-order chi connectivity index (χ0) is 10.6. The highest BCUT2D eigenvalue weighted by Gasteiger charge is 2.31. The fourth-order valence-corrected chi connectivity index (χ4v) is 1.59. The number of hydrogen-bond acceptors (Lipinski definition) is 3. The number of amides is 1. The molecule has 0 bridgehead atoms. The molecule has 1 aliphatic heterocycles. The zero-order valence-corrected chi connectivity index (χ0v) is 8.97. The van der Waals surface area contributed by atoms with Crippen molar-refractivity contribution in [1.29, 1.82) is 0 Å². The summed E-state index contributed by atoms with van der Waals surface area (Å²) in [5.74, 6) is 0.395. The second-order valence-electron chi connectivity index (χ2n) is 4.53. The van der Waals surface area contributed by atoms with Gasteiger partial charge in [0.15, 0.2) is 0 Å². The molecule has 0 aromatic rings. The van der Waals surface area contributed by atoms with Crippen molar-refractivity contribution in [3.63, 3.8) is 0 Å². The van der Waals surface area contributed by atoms with Crippen LogP contribution >= 0.6 is 0 Å². The van der Waals surface area contributed by atoms with E-state index in [0.717, 1.165) is 13.0 Å². The molecule has 4 nitrogen and oxygen atoms in total. The van der Waals surface area contributed by atoms with Crippen molar-refractivity contribution in [2.75, 3.05) is 19.6 Å². The molecule has 0 aromatic heterocycles. The quantitative estimate of drug-likeness (QED) is 0.592. The van der Waals surface area contributed by atoms with Crippen molar-refractivity contribution in [2.45, 2.75) is 32.3 Å². The van der Waals surface area contributed by atoms with Gasteiger partial charge < -0.3 is 15.7 Å². The zero-order valence-electron chi connectivity index (χ0n) is 8.97. The van der Waals surface area contributed by atoms with E-state index in [1.54, 1.807) is 0 Å². The molecular formula is C10H20N2O2. The SMILES string of the molecule is CC(C)CC(=O)NCC1(O)CCNC1. The maximum absolute atomic E-state index is 11.3. The third-order valence-electron chi connectivity index (χ3n) is 2.43. The Balaban J connectivity index is 2.22. The highest BCUT2D eigenvalue weighted by Crippen LogP contribution is 2.12. The number of aliphatic hydroxyl groups is 1. The van der Waals surface area contributed by atoms with Crippen molar-refractivity contribution in [2.24, 2.45) is 5.92 Å². The first-order valence-electron chi connectivity index (χ1n) is 5.22. The van der Waals surface area contributed by atoms with Crippen molar-refractivity contribution in [3.05, 3.63) is 0 Å². The number of carbonyl (C=O) groups excluding carboxylic acids is 1. The summed E-state index contributed by atoms with van der Waals surface area (Å²) in [5, 5.41) is 15.7. The molecule has 1 fully saturated rings. The van der Waals surface area contributed by atoms with E-state index in [9.17, 15) is 9.90 Å². The smallest absolute Gasteiger partial charge is 0.220 e. The van der Waals surface area contributed by atoms with Crippen LogP contribution < -0.4 is 10.6 Å². The van der Waals surface area contributed by atoms with Gasteiger partial charge >= 0.3 is 0 Å². The van der Waals surface area contributed by atoms with Crippen LogP contribution in [0.5, 0.6) is 0 Å². The minimum absolute atomic E-state index is 0.0281. The maximum Gasteiger partial charge on any atom is 0.220 e. The van der Waals surface area contributed by atoms with Crippen LogP contribution in [0.2, 0.25) is 0 Å². The Labute approximate surface area is 85.1 Å². The number of carbonyl (C=O) groups is 1. The monoisotopic (exact) mass is 200 g/mol.